The van der Waals surface area contributed by atoms with Crippen molar-refractivity contribution < 1.29 is 9.59 Å². The molecule has 0 aromatic carbocycles. The third-order valence-corrected chi connectivity index (χ3v) is 4.37. The largest absolute Gasteiger partial charge is 0.306 e. The molecule has 0 radical (unpaired) electrons. The van der Waals surface area contributed by atoms with Crippen LogP contribution in [0.2, 0.25) is 0 Å². The highest BCUT2D eigenvalue weighted by molar-refractivity contribution is 6.05. The Hall–Kier alpha value is -0.940. The molecule has 5 heteroatoms. The molecule has 19 heavy (non-hydrogen) atoms. The van der Waals surface area contributed by atoms with E-state index < -0.39 is 0 Å². The summed E-state index contributed by atoms with van der Waals surface area (Å²) in [5.41, 5.74) is 0. The zero-order valence-corrected chi connectivity index (χ0v) is 12.2. The number of nitrogens with one attached hydrogen (secondary N) is 1. The number of likely N-dealkylation sites (tertiary alicyclic amines) is 2. The van der Waals surface area contributed by atoms with Crippen LogP contribution in [0.1, 0.15) is 39.5 Å². The maximum Gasteiger partial charge on any atom is 0.247 e. The Kier molecular flexibility index (Phi) is 4.58. The van der Waals surface area contributed by atoms with E-state index in [0.29, 0.717) is 12.5 Å². The Morgan fingerprint density at radius 3 is 2.53 bits per heavy atom. The van der Waals surface area contributed by atoms with E-state index in [9.17, 15) is 9.59 Å². The fourth-order valence-electron chi connectivity index (χ4n) is 2.89. The van der Waals surface area contributed by atoms with Gasteiger partial charge in [0.15, 0.2) is 0 Å². The Morgan fingerprint density at radius 2 is 1.95 bits per heavy atom. The third-order valence-electron chi connectivity index (χ3n) is 4.37. The molecule has 0 aromatic rings. The standard InChI is InChI=1S/C14H25N3O2/c1-4-10(2)17-13(18)9-12(14(17)19)15-11-5-7-16(3)8-6-11/h10-12,15H,4-9H2,1-3H3. The summed E-state index contributed by atoms with van der Waals surface area (Å²) in [7, 11) is 2.12. The first-order chi connectivity index (χ1) is 9.02. The number of amides is 2. The van der Waals surface area contributed by atoms with E-state index in [2.05, 4.69) is 17.3 Å². The average molecular weight is 267 g/mol. The molecule has 0 aliphatic carbocycles. The minimum absolute atomic E-state index is 0.0179. The number of imide groups is 1. The van der Waals surface area contributed by atoms with Gasteiger partial charge in [0, 0.05) is 12.1 Å². The van der Waals surface area contributed by atoms with Crippen molar-refractivity contribution in [3.8, 4) is 0 Å². The lowest BCUT2D eigenvalue weighted by Crippen LogP contribution is -2.49. The number of rotatable bonds is 4. The van der Waals surface area contributed by atoms with Gasteiger partial charge in [-0.1, -0.05) is 6.92 Å². The van der Waals surface area contributed by atoms with Crippen LogP contribution < -0.4 is 5.32 Å². The predicted octanol–water partition coefficient (Wildman–Crippen LogP) is 0.596. The molecule has 1 N–H and O–H groups in total. The van der Waals surface area contributed by atoms with E-state index >= 15 is 0 Å². The molecule has 108 valence electrons. The summed E-state index contributed by atoms with van der Waals surface area (Å²) in [6.45, 7) is 6.06. The van der Waals surface area contributed by atoms with Gasteiger partial charge in [0.1, 0.15) is 0 Å². The summed E-state index contributed by atoms with van der Waals surface area (Å²) in [6, 6.07) is 0.0917. The summed E-state index contributed by atoms with van der Waals surface area (Å²) in [5, 5.41) is 3.39. The van der Waals surface area contributed by atoms with Gasteiger partial charge in [-0.25, -0.2) is 0 Å². The van der Waals surface area contributed by atoms with Crippen LogP contribution in [0.4, 0.5) is 0 Å². The van der Waals surface area contributed by atoms with Crippen molar-refractivity contribution in [3.63, 3.8) is 0 Å². The molecule has 2 aliphatic heterocycles. The van der Waals surface area contributed by atoms with Crippen molar-refractivity contribution in [2.45, 2.75) is 57.7 Å². The molecule has 2 saturated heterocycles. The first-order valence-electron chi connectivity index (χ1n) is 7.33. The number of hydrogen-bond donors (Lipinski definition) is 1. The van der Waals surface area contributed by atoms with E-state index in [1.807, 2.05) is 13.8 Å². The second kappa shape index (κ2) is 6.01. The molecule has 5 nitrogen and oxygen atoms in total. The normalized spacial score (nSPS) is 28.2. The lowest BCUT2D eigenvalue weighted by molar-refractivity contribution is -0.141. The fraction of sp³-hybridized carbons (Fsp3) is 0.857. The van der Waals surface area contributed by atoms with Crippen molar-refractivity contribution in [2.24, 2.45) is 0 Å². The van der Waals surface area contributed by atoms with Crippen LogP contribution in [-0.2, 0) is 9.59 Å². The highest BCUT2D eigenvalue weighted by Gasteiger charge is 2.41. The minimum atomic E-state index is -0.296. The van der Waals surface area contributed by atoms with Crippen LogP contribution in [0.3, 0.4) is 0 Å². The Morgan fingerprint density at radius 1 is 1.32 bits per heavy atom. The zero-order valence-electron chi connectivity index (χ0n) is 12.2. The maximum absolute atomic E-state index is 12.3. The van der Waals surface area contributed by atoms with Gasteiger partial charge in [-0.2, -0.15) is 0 Å². The van der Waals surface area contributed by atoms with E-state index in [-0.39, 0.29) is 23.9 Å². The fourth-order valence-corrected chi connectivity index (χ4v) is 2.89. The first-order valence-corrected chi connectivity index (χ1v) is 7.33. The van der Waals surface area contributed by atoms with Crippen LogP contribution in [0.15, 0.2) is 0 Å². The molecule has 0 saturated carbocycles. The average Bonchev–Trinajstić information content (AvgIpc) is 2.66. The van der Waals surface area contributed by atoms with Gasteiger partial charge < -0.3 is 10.2 Å². The summed E-state index contributed by atoms with van der Waals surface area (Å²) in [6.07, 6.45) is 3.25. The van der Waals surface area contributed by atoms with E-state index in [1.165, 1.54) is 4.90 Å². The number of piperidine rings is 1. The number of hydrogen-bond acceptors (Lipinski definition) is 4. The molecule has 2 aliphatic rings. The molecule has 2 rings (SSSR count). The molecule has 2 heterocycles. The zero-order chi connectivity index (χ0) is 14.0. The highest BCUT2D eigenvalue weighted by Crippen LogP contribution is 2.20. The predicted molar refractivity (Wildman–Crippen MR) is 73.7 cm³/mol. The van der Waals surface area contributed by atoms with Crippen molar-refractivity contribution >= 4 is 11.8 Å². The van der Waals surface area contributed by atoms with Gasteiger partial charge in [0.25, 0.3) is 0 Å². The van der Waals surface area contributed by atoms with Gasteiger partial charge in [-0.15, -0.1) is 0 Å². The van der Waals surface area contributed by atoms with Crippen LogP contribution in [0.25, 0.3) is 0 Å². The third kappa shape index (κ3) is 3.15. The number of nitrogens with zero attached hydrogens (tertiary/aromatic N) is 2. The molecule has 2 amide bonds. The van der Waals surface area contributed by atoms with E-state index in [4.69, 9.17) is 0 Å². The van der Waals surface area contributed by atoms with Gasteiger partial charge in [0.2, 0.25) is 11.8 Å². The molecular formula is C14H25N3O2. The Balaban J connectivity index is 1.92. The molecule has 2 unspecified atom stereocenters. The van der Waals surface area contributed by atoms with Crippen molar-refractivity contribution in [1.29, 1.82) is 0 Å². The molecular weight excluding hydrogens is 242 g/mol. The van der Waals surface area contributed by atoms with Gasteiger partial charge >= 0.3 is 0 Å². The van der Waals surface area contributed by atoms with Gasteiger partial charge in [0.05, 0.1) is 12.5 Å². The number of carbonyl (C=O) groups is 2. The second-order valence-electron chi connectivity index (χ2n) is 5.86. The van der Waals surface area contributed by atoms with E-state index in [0.717, 1.165) is 32.4 Å². The van der Waals surface area contributed by atoms with Crippen LogP contribution >= 0.6 is 0 Å². The number of carbonyl (C=O) groups excluding carboxylic acids is 2. The topological polar surface area (TPSA) is 52.7 Å². The monoisotopic (exact) mass is 267 g/mol. The van der Waals surface area contributed by atoms with Crippen LogP contribution in [0.5, 0.6) is 0 Å². The molecule has 2 atom stereocenters. The summed E-state index contributed by atoms with van der Waals surface area (Å²) in [5.74, 6) is -0.0527. The molecule has 0 bridgehead atoms. The van der Waals surface area contributed by atoms with E-state index in [1.54, 1.807) is 0 Å². The van der Waals surface area contributed by atoms with Crippen LogP contribution in [-0.4, -0.2) is 59.9 Å². The first kappa shape index (κ1) is 14.5. The maximum atomic E-state index is 12.3. The molecule has 0 aromatic heterocycles. The summed E-state index contributed by atoms with van der Waals surface area (Å²) < 4.78 is 0. The van der Waals surface area contributed by atoms with Gasteiger partial charge in [-0.05, 0) is 46.3 Å². The minimum Gasteiger partial charge on any atom is -0.306 e. The van der Waals surface area contributed by atoms with Crippen LogP contribution in [0, 0.1) is 0 Å². The van der Waals surface area contributed by atoms with Crippen molar-refractivity contribution in [3.05, 3.63) is 0 Å². The lowest BCUT2D eigenvalue weighted by Gasteiger charge is -2.31. The SMILES string of the molecule is CCC(C)N1C(=O)CC(NC2CCN(C)CC2)C1=O. The quantitative estimate of drug-likeness (QED) is 0.758. The Labute approximate surface area is 115 Å². The summed E-state index contributed by atoms with van der Waals surface area (Å²) >= 11 is 0. The second-order valence-corrected chi connectivity index (χ2v) is 5.86. The molecule has 2 fully saturated rings. The van der Waals surface area contributed by atoms with Gasteiger partial charge in [-0.3, -0.25) is 14.5 Å². The summed E-state index contributed by atoms with van der Waals surface area (Å²) in [4.78, 5) is 28.0. The lowest BCUT2D eigenvalue weighted by atomic mass is 10.0. The van der Waals surface area contributed by atoms with Crippen molar-refractivity contribution in [1.82, 2.24) is 15.1 Å². The Bertz CT molecular complexity index is 351. The molecule has 0 spiro atoms. The highest BCUT2D eigenvalue weighted by atomic mass is 16.2. The van der Waals surface area contributed by atoms with Crippen molar-refractivity contribution in [2.75, 3.05) is 20.1 Å². The smallest absolute Gasteiger partial charge is 0.247 e.